The fourth-order valence-corrected chi connectivity index (χ4v) is 2.13. The molecule has 17 heavy (non-hydrogen) atoms. The number of nitrogens with one attached hydrogen (secondary N) is 1. The van der Waals surface area contributed by atoms with Crippen LogP contribution in [0, 0.1) is 0 Å². The summed E-state index contributed by atoms with van der Waals surface area (Å²) in [4.78, 5) is 12.0. The van der Waals surface area contributed by atoms with Crippen LogP contribution in [0.1, 0.15) is 30.1 Å². The Morgan fingerprint density at radius 2 is 2.29 bits per heavy atom. The van der Waals surface area contributed by atoms with Gasteiger partial charge >= 0.3 is 0 Å². The summed E-state index contributed by atoms with van der Waals surface area (Å²) in [6, 6.07) is 5.14. The number of benzene rings is 1. The van der Waals surface area contributed by atoms with Gasteiger partial charge in [0.2, 0.25) is 0 Å². The van der Waals surface area contributed by atoms with E-state index in [1.165, 1.54) is 0 Å². The van der Waals surface area contributed by atoms with Crippen molar-refractivity contribution in [3.63, 3.8) is 0 Å². The molecule has 0 saturated heterocycles. The molecule has 1 aromatic carbocycles. The second-order valence-electron chi connectivity index (χ2n) is 3.82. The minimum absolute atomic E-state index is 0.0124. The molecule has 5 heteroatoms. The van der Waals surface area contributed by atoms with Gasteiger partial charge in [0.1, 0.15) is 0 Å². The third kappa shape index (κ3) is 4.30. The van der Waals surface area contributed by atoms with Gasteiger partial charge in [-0.2, -0.15) is 0 Å². The molecule has 1 unspecified atom stereocenters. The molecule has 0 aliphatic carbocycles. The molecular weight excluding hydrogens is 304 g/mol. The molecule has 0 fully saturated rings. The molecule has 3 N–H and O–H groups in total. The van der Waals surface area contributed by atoms with E-state index >= 15 is 0 Å². The van der Waals surface area contributed by atoms with Crippen LogP contribution in [0.5, 0.6) is 0 Å². The number of amides is 1. The van der Waals surface area contributed by atoms with Crippen molar-refractivity contribution in [3.05, 3.63) is 33.3 Å². The first-order chi connectivity index (χ1) is 8.08. The highest BCUT2D eigenvalue weighted by atomic mass is 79.9. The van der Waals surface area contributed by atoms with Crippen molar-refractivity contribution in [1.82, 2.24) is 5.32 Å². The fraction of sp³-hybridized carbons (Fsp3) is 0.417. The summed E-state index contributed by atoms with van der Waals surface area (Å²) in [5, 5.41) is 3.44. The number of hydrogen-bond donors (Lipinski definition) is 2. The number of hydrogen-bond acceptors (Lipinski definition) is 2. The number of carbonyl (C=O) groups excluding carboxylic acids is 1. The highest BCUT2D eigenvalue weighted by molar-refractivity contribution is 9.10. The Balaban J connectivity index is 2.78. The summed E-state index contributed by atoms with van der Waals surface area (Å²) in [5.41, 5.74) is 6.13. The Hall–Kier alpha value is -0.580. The molecule has 3 nitrogen and oxygen atoms in total. The zero-order valence-electron chi connectivity index (χ0n) is 9.67. The van der Waals surface area contributed by atoms with Gasteiger partial charge in [0.15, 0.2) is 0 Å². The first-order valence-corrected chi connectivity index (χ1v) is 6.71. The topological polar surface area (TPSA) is 55.1 Å². The molecule has 94 valence electrons. The maximum Gasteiger partial charge on any atom is 0.252 e. The lowest BCUT2D eigenvalue weighted by atomic mass is 10.1. The van der Waals surface area contributed by atoms with E-state index in [4.69, 9.17) is 17.3 Å². The third-order valence-corrected chi connectivity index (χ3v) is 3.36. The number of nitrogens with two attached hydrogens (primary N) is 1. The lowest BCUT2D eigenvalue weighted by molar-refractivity contribution is 0.0935. The van der Waals surface area contributed by atoms with Gasteiger partial charge in [-0.15, -0.1) is 0 Å². The standard InChI is InChI=1S/C12H16BrClN2O/c1-2-3-9(7-15)16-12(17)10-6-8(14)4-5-11(10)13/h4-6,9H,2-3,7,15H2,1H3,(H,16,17). The maximum absolute atomic E-state index is 12.0. The first-order valence-electron chi connectivity index (χ1n) is 5.54. The first kappa shape index (κ1) is 14.5. The van der Waals surface area contributed by atoms with E-state index in [-0.39, 0.29) is 11.9 Å². The average molecular weight is 320 g/mol. The minimum atomic E-state index is -0.150. The molecule has 1 aromatic rings. The molecule has 1 amide bonds. The molecule has 0 aliphatic rings. The summed E-state index contributed by atoms with van der Waals surface area (Å²) in [6.07, 6.45) is 1.86. The van der Waals surface area contributed by atoms with E-state index in [1.807, 2.05) is 0 Å². The summed E-state index contributed by atoms with van der Waals surface area (Å²) in [6.45, 7) is 2.50. The van der Waals surface area contributed by atoms with Gasteiger partial charge in [-0.05, 0) is 40.5 Å². The summed E-state index contributed by atoms with van der Waals surface area (Å²) < 4.78 is 0.728. The van der Waals surface area contributed by atoms with Crippen LogP contribution in [0.2, 0.25) is 5.02 Å². The molecule has 1 rings (SSSR count). The lowest BCUT2D eigenvalue weighted by Gasteiger charge is -2.16. The third-order valence-electron chi connectivity index (χ3n) is 2.43. The van der Waals surface area contributed by atoms with E-state index in [0.717, 1.165) is 17.3 Å². The Morgan fingerprint density at radius 1 is 1.59 bits per heavy atom. The van der Waals surface area contributed by atoms with Gasteiger partial charge in [0.05, 0.1) is 5.56 Å². The summed E-state index contributed by atoms with van der Waals surface area (Å²) in [7, 11) is 0. The van der Waals surface area contributed by atoms with Crippen molar-refractivity contribution in [1.29, 1.82) is 0 Å². The fourth-order valence-electron chi connectivity index (χ4n) is 1.53. The normalized spacial score (nSPS) is 12.2. The van der Waals surface area contributed by atoms with Gasteiger partial charge in [-0.25, -0.2) is 0 Å². The second-order valence-corrected chi connectivity index (χ2v) is 5.11. The van der Waals surface area contributed by atoms with Crippen LogP contribution in [0.4, 0.5) is 0 Å². The van der Waals surface area contributed by atoms with Gasteiger partial charge in [-0.3, -0.25) is 4.79 Å². The van der Waals surface area contributed by atoms with Crippen molar-refractivity contribution < 1.29 is 4.79 Å². The monoisotopic (exact) mass is 318 g/mol. The zero-order chi connectivity index (χ0) is 12.8. The molecule has 1 atom stereocenters. The number of rotatable bonds is 5. The Bertz CT molecular complexity index is 398. The van der Waals surface area contributed by atoms with Crippen LogP contribution in [0.15, 0.2) is 22.7 Å². The Morgan fingerprint density at radius 3 is 2.88 bits per heavy atom. The van der Waals surface area contributed by atoms with E-state index in [9.17, 15) is 4.79 Å². The largest absolute Gasteiger partial charge is 0.348 e. The molecule has 0 spiro atoms. The highest BCUT2D eigenvalue weighted by Crippen LogP contribution is 2.21. The second kappa shape index (κ2) is 6.99. The molecule has 0 heterocycles. The molecule has 0 radical (unpaired) electrons. The quantitative estimate of drug-likeness (QED) is 0.876. The van der Waals surface area contributed by atoms with Crippen molar-refractivity contribution in [2.24, 2.45) is 5.73 Å². The maximum atomic E-state index is 12.0. The number of carbonyl (C=O) groups is 1. The zero-order valence-corrected chi connectivity index (χ0v) is 12.0. The predicted octanol–water partition coefficient (Wildman–Crippen LogP) is 2.96. The Labute approximate surface area is 115 Å². The van der Waals surface area contributed by atoms with Gasteiger partial charge in [0, 0.05) is 22.1 Å². The summed E-state index contributed by atoms with van der Waals surface area (Å²) >= 11 is 9.20. The highest BCUT2D eigenvalue weighted by Gasteiger charge is 2.14. The van der Waals surface area contributed by atoms with Crippen LogP contribution < -0.4 is 11.1 Å². The molecule has 0 aliphatic heterocycles. The van der Waals surface area contributed by atoms with E-state index in [1.54, 1.807) is 18.2 Å². The van der Waals surface area contributed by atoms with Gasteiger partial charge in [0.25, 0.3) is 5.91 Å². The Kier molecular flexibility index (Phi) is 5.95. The van der Waals surface area contributed by atoms with Gasteiger partial charge in [-0.1, -0.05) is 24.9 Å². The molecule has 0 aromatic heterocycles. The summed E-state index contributed by atoms with van der Waals surface area (Å²) in [5.74, 6) is -0.150. The SMILES string of the molecule is CCCC(CN)NC(=O)c1cc(Cl)ccc1Br. The van der Waals surface area contributed by atoms with Crippen molar-refractivity contribution in [2.75, 3.05) is 6.54 Å². The van der Waals surface area contributed by atoms with Gasteiger partial charge < -0.3 is 11.1 Å². The van der Waals surface area contributed by atoms with Crippen molar-refractivity contribution in [2.45, 2.75) is 25.8 Å². The van der Waals surface area contributed by atoms with Crippen LogP contribution in [-0.4, -0.2) is 18.5 Å². The van der Waals surface area contributed by atoms with E-state index < -0.39 is 0 Å². The van der Waals surface area contributed by atoms with Crippen molar-refractivity contribution >= 4 is 33.4 Å². The van der Waals surface area contributed by atoms with Crippen LogP contribution >= 0.6 is 27.5 Å². The molecular formula is C12H16BrClN2O. The molecule has 0 saturated carbocycles. The molecule has 0 bridgehead atoms. The van der Waals surface area contributed by atoms with Crippen molar-refractivity contribution in [3.8, 4) is 0 Å². The smallest absolute Gasteiger partial charge is 0.252 e. The predicted molar refractivity (Wildman–Crippen MR) is 74.4 cm³/mol. The van der Waals surface area contributed by atoms with E-state index in [2.05, 4.69) is 28.2 Å². The average Bonchev–Trinajstić information content (AvgIpc) is 2.31. The lowest BCUT2D eigenvalue weighted by Crippen LogP contribution is -2.40. The van der Waals surface area contributed by atoms with Crippen LogP contribution in [0.3, 0.4) is 0 Å². The van der Waals surface area contributed by atoms with E-state index in [0.29, 0.717) is 17.1 Å². The van der Waals surface area contributed by atoms with Crippen LogP contribution in [-0.2, 0) is 0 Å². The minimum Gasteiger partial charge on any atom is -0.348 e. The number of halogens is 2. The van der Waals surface area contributed by atoms with Crippen LogP contribution in [0.25, 0.3) is 0 Å².